The lowest BCUT2D eigenvalue weighted by Gasteiger charge is -2.27. The summed E-state index contributed by atoms with van der Waals surface area (Å²) in [5, 5.41) is 9.64. The highest BCUT2D eigenvalue weighted by atomic mass is 19.1. The Morgan fingerprint density at radius 3 is 2.76 bits per heavy atom. The number of benzene rings is 1. The lowest BCUT2D eigenvalue weighted by molar-refractivity contribution is 0.233. The summed E-state index contributed by atoms with van der Waals surface area (Å²) in [6.07, 6.45) is 3.17. The van der Waals surface area contributed by atoms with Crippen LogP contribution in [0.3, 0.4) is 0 Å². The van der Waals surface area contributed by atoms with E-state index in [0.717, 1.165) is 49.6 Å². The summed E-state index contributed by atoms with van der Waals surface area (Å²) in [6.45, 7) is 8.87. The maximum absolute atomic E-state index is 15.0. The fourth-order valence-electron chi connectivity index (χ4n) is 4.05. The number of hydrogen-bond acceptors (Lipinski definition) is 8. The number of fused-ring (bicyclic) bond motifs is 1. The van der Waals surface area contributed by atoms with Gasteiger partial charge in [-0.2, -0.15) is 0 Å². The van der Waals surface area contributed by atoms with Crippen molar-refractivity contribution in [2.75, 3.05) is 36.8 Å². The van der Waals surface area contributed by atoms with Gasteiger partial charge in [-0.25, -0.2) is 24.3 Å². The van der Waals surface area contributed by atoms with Crippen molar-refractivity contribution in [1.29, 1.82) is 0 Å². The smallest absolute Gasteiger partial charge is 0.206 e. The van der Waals surface area contributed by atoms with E-state index in [9.17, 15) is 4.39 Å². The lowest BCUT2D eigenvalue weighted by Crippen LogP contribution is -2.42. The van der Waals surface area contributed by atoms with Crippen molar-refractivity contribution < 1.29 is 4.39 Å². The molecule has 4 N–H and O–H groups in total. The molecule has 0 atom stereocenters. The van der Waals surface area contributed by atoms with Crippen LogP contribution in [-0.4, -0.2) is 62.0 Å². The molecule has 1 aliphatic heterocycles. The van der Waals surface area contributed by atoms with Crippen LogP contribution in [0.4, 0.5) is 22.0 Å². The summed E-state index contributed by atoms with van der Waals surface area (Å²) < 4.78 is 15.0. The summed E-state index contributed by atoms with van der Waals surface area (Å²) in [7, 11) is 0. The van der Waals surface area contributed by atoms with E-state index in [1.165, 1.54) is 11.9 Å². The van der Waals surface area contributed by atoms with Crippen LogP contribution in [0.25, 0.3) is 22.3 Å². The first-order valence-corrected chi connectivity index (χ1v) is 11.5. The maximum atomic E-state index is 15.0. The third-order valence-corrected chi connectivity index (χ3v) is 5.66. The molecular formula is C24H28FN9. The molecular weight excluding hydrogens is 433 g/mol. The Morgan fingerprint density at radius 2 is 1.94 bits per heavy atom. The van der Waals surface area contributed by atoms with Gasteiger partial charge in [0, 0.05) is 50.5 Å². The van der Waals surface area contributed by atoms with Crippen molar-refractivity contribution in [3.05, 3.63) is 54.2 Å². The van der Waals surface area contributed by atoms with Crippen LogP contribution in [0.2, 0.25) is 0 Å². The van der Waals surface area contributed by atoms with Crippen molar-refractivity contribution in [3.8, 4) is 11.3 Å². The predicted octanol–water partition coefficient (Wildman–Crippen LogP) is 3.52. The Bertz CT molecular complexity index is 1280. The van der Waals surface area contributed by atoms with Crippen LogP contribution in [0.5, 0.6) is 0 Å². The minimum atomic E-state index is -0.473. The standard InChI is InChI=1S/C24H28FN9/c1-15(2)30-23-21(25)22(28-14-29-23)17-3-4-18-19(12-17)32-24(31-18)33-20-11-16(5-6-27-20)13-34-9-7-26-8-10-34/h3-6,11-12,14-15,26H,7-10,13H2,1-2H3,(H,28,29,30)(H2,27,31,32,33). The Morgan fingerprint density at radius 1 is 1.09 bits per heavy atom. The number of piperazine rings is 1. The van der Waals surface area contributed by atoms with E-state index >= 15 is 0 Å². The van der Waals surface area contributed by atoms with Gasteiger partial charge < -0.3 is 20.9 Å². The molecule has 1 saturated heterocycles. The molecule has 0 saturated carbocycles. The Balaban J connectivity index is 1.35. The fourth-order valence-corrected chi connectivity index (χ4v) is 4.05. The third-order valence-electron chi connectivity index (χ3n) is 5.66. The zero-order chi connectivity index (χ0) is 23.5. The summed E-state index contributed by atoms with van der Waals surface area (Å²) in [5.74, 6) is 1.01. The highest BCUT2D eigenvalue weighted by Crippen LogP contribution is 2.28. The lowest BCUT2D eigenvalue weighted by atomic mass is 10.1. The number of hydrogen-bond donors (Lipinski definition) is 4. The molecule has 0 spiro atoms. The molecule has 4 aromatic rings. The molecule has 0 aliphatic carbocycles. The van der Waals surface area contributed by atoms with E-state index in [4.69, 9.17) is 0 Å². The summed E-state index contributed by atoms with van der Waals surface area (Å²) in [6, 6.07) is 9.63. The van der Waals surface area contributed by atoms with Crippen LogP contribution in [0, 0.1) is 5.82 Å². The second-order valence-corrected chi connectivity index (χ2v) is 8.70. The molecule has 1 fully saturated rings. The highest BCUT2D eigenvalue weighted by Gasteiger charge is 2.15. The van der Waals surface area contributed by atoms with Gasteiger partial charge in [0.05, 0.1) is 11.0 Å². The quantitative estimate of drug-likeness (QED) is 0.331. The fraction of sp³-hybridized carbons (Fsp3) is 0.333. The van der Waals surface area contributed by atoms with Crippen molar-refractivity contribution in [1.82, 2.24) is 35.1 Å². The van der Waals surface area contributed by atoms with Crippen molar-refractivity contribution in [2.24, 2.45) is 0 Å². The molecule has 9 nitrogen and oxygen atoms in total. The minimum Gasteiger partial charge on any atom is -0.365 e. The molecule has 0 bridgehead atoms. The number of halogens is 1. The van der Waals surface area contributed by atoms with Crippen LogP contribution < -0.4 is 16.0 Å². The zero-order valence-corrected chi connectivity index (χ0v) is 19.3. The zero-order valence-electron chi connectivity index (χ0n) is 19.3. The molecule has 34 heavy (non-hydrogen) atoms. The minimum absolute atomic E-state index is 0.0601. The number of aromatic amines is 1. The van der Waals surface area contributed by atoms with Gasteiger partial charge >= 0.3 is 0 Å². The number of rotatable bonds is 7. The molecule has 1 aromatic carbocycles. The van der Waals surface area contributed by atoms with Crippen LogP contribution in [0.15, 0.2) is 42.9 Å². The molecule has 1 aliphatic rings. The molecule has 0 radical (unpaired) electrons. The van der Waals surface area contributed by atoms with Gasteiger partial charge in [0.2, 0.25) is 5.95 Å². The van der Waals surface area contributed by atoms with Gasteiger partial charge in [0.25, 0.3) is 0 Å². The molecule has 3 aromatic heterocycles. The van der Waals surface area contributed by atoms with E-state index in [1.54, 1.807) is 6.20 Å². The summed E-state index contributed by atoms with van der Waals surface area (Å²) in [4.78, 5) is 22.9. The van der Waals surface area contributed by atoms with Gasteiger partial charge in [-0.3, -0.25) is 4.90 Å². The van der Waals surface area contributed by atoms with Crippen molar-refractivity contribution in [3.63, 3.8) is 0 Å². The monoisotopic (exact) mass is 461 g/mol. The third kappa shape index (κ3) is 4.97. The second kappa shape index (κ2) is 9.70. The maximum Gasteiger partial charge on any atom is 0.206 e. The highest BCUT2D eigenvalue weighted by molar-refractivity contribution is 5.83. The number of anilines is 3. The summed E-state index contributed by atoms with van der Waals surface area (Å²) in [5.41, 5.74) is 3.62. The van der Waals surface area contributed by atoms with Crippen LogP contribution >= 0.6 is 0 Å². The number of nitrogens with zero attached hydrogens (tertiary/aromatic N) is 5. The Kier molecular flexibility index (Phi) is 6.33. The number of pyridine rings is 1. The average molecular weight is 462 g/mol. The molecule has 176 valence electrons. The van der Waals surface area contributed by atoms with Crippen molar-refractivity contribution in [2.45, 2.75) is 26.4 Å². The van der Waals surface area contributed by atoms with Crippen LogP contribution in [0.1, 0.15) is 19.4 Å². The van der Waals surface area contributed by atoms with E-state index in [0.29, 0.717) is 11.5 Å². The first-order valence-electron chi connectivity index (χ1n) is 11.5. The first-order chi connectivity index (χ1) is 16.5. The number of aromatic nitrogens is 5. The van der Waals surface area contributed by atoms with Crippen LogP contribution in [-0.2, 0) is 6.54 Å². The predicted molar refractivity (Wildman–Crippen MR) is 132 cm³/mol. The van der Waals surface area contributed by atoms with Crippen molar-refractivity contribution >= 4 is 28.6 Å². The number of imidazole rings is 1. The molecule has 5 rings (SSSR count). The van der Waals surface area contributed by atoms with Gasteiger partial charge in [-0.1, -0.05) is 6.07 Å². The normalized spacial score (nSPS) is 14.6. The van der Waals surface area contributed by atoms with Gasteiger partial charge in [0.15, 0.2) is 11.6 Å². The van der Waals surface area contributed by atoms with Gasteiger partial charge in [0.1, 0.15) is 17.8 Å². The van der Waals surface area contributed by atoms with E-state index in [2.05, 4.69) is 45.8 Å². The molecule has 4 heterocycles. The average Bonchev–Trinajstić information content (AvgIpc) is 3.22. The molecule has 10 heteroatoms. The summed E-state index contributed by atoms with van der Waals surface area (Å²) >= 11 is 0. The Labute approximate surface area is 197 Å². The van der Waals surface area contributed by atoms with E-state index in [-0.39, 0.29) is 17.6 Å². The van der Waals surface area contributed by atoms with Gasteiger partial charge in [-0.15, -0.1) is 0 Å². The topological polar surface area (TPSA) is 107 Å². The van der Waals surface area contributed by atoms with E-state index in [1.807, 2.05) is 44.2 Å². The molecule has 0 amide bonds. The van der Waals surface area contributed by atoms with Gasteiger partial charge in [-0.05, 0) is 43.7 Å². The number of nitrogens with one attached hydrogen (secondary N) is 4. The first kappa shape index (κ1) is 22.2. The Hall–Kier alpha value is -3.63. The largest absolute Gasteiger partial charge is 0.365 e. The number of H-pyrrole nitrogens is 1. The SMILES string of the molecule is CC(C)Nc1ncnc(-c2ccc3nc(Nc4cc(CN5CCNCC5)ccn4)[nH]c3c2)c1F. The van der Waals surface area contributed by atoms with E-state index < -0.39 is 5.82 Å². The second-order valence-electron chi connectivity index (χ2n) is 8.70. The molecule has 0 unspecified atom stereocenters.